The second-order valence-electron chi connectivity index (χ2n) is 4.65. The maximum absolute atomic E-state index is 11.8. The molecule has 1 unspecified atom stereocenters. The van der Waals surface area contributed by atoms with Crippen LogP contribution in [-0.2, 0) is 9.53 Å². The van der Waals surface area contributed by atoms with E-state index in [2.05, 4.69) is 17.4 Å². The fraction of sp³-hybridized carbons (Fsp3) is 0.500. The van der Waals surface area contributed by atoms with Crippen molar-refractivity contribution in [3.05, 3.63) is 29.8 Å². The lowest BCUT2D eigenvalue weighted by Crippen LogP contribution is -2.34. The van der Waals surface area contributed by atoms with E-state index in [1.54, 1.807) is 0 Å². The van der Waals surface area contributed by atoms with Gasteiger partial charge in [0.2, 0.25) is 5.91 Å². The molecule has 0 radical (unpaired) electrons. The zero-order chi connectivity index (χ0) is 13.0. The van der Waals surface area contributed by atoms with Gasteiger partial charge in [0, 0.05) is 10.6 Å². The quantitative estimate of drug-likeness (QED) is 0.909. The highest BCUT2D eigenvalue weighted by atomic mass is 32.2. The third-order valence-corrected chi connectivity index (χ3v) is 3.96. The highest BCUT2D eigenvalue weighted by Crippen LogP contribution is 2.35. The molecular weight excluding hydrogens is 246 g/mol. The monoisotopic (exact) mass is 265 g/mol. The summed E-state index contributed by atoms with van der Waals surface area (Å²) in [6.07, 6.45) is 1.07. The lowest BCUT2D eigenvalue weighted by atomic mass is 10.0. The third kappa shape index (κ3) is 3.50. The van der Waals surface area contributed by atoms with Crippen LogP contribution in [0.4, 0.5) is 0 Å². The summed E-state index contributed by atoms with van der Waals surface area (Å²) in [4.78, 5) is 13.1. The lowest BCUT2D eigenvalue weighted by molar-refractivity contribution is -0.127. The van der Waals surface area contributed by atoms with E-state index in [-0.39, 0.29) is 24.7 Å². The molecule has 1 aromatic rings. The maximum Gasteiger partial charge on any atom is 0.246 e. The zero-order valence-electron chi connectivity index (χ0n) is 10.8. The third-order valence-electron chi connectivity index (χ3n) is 2.84. The Morgan fingerprint density at radius 1 is 1.50 bits per heavy atom. The van der Waals surface area contributed by atoms with Crippen molar-refractivity contribution in [1.29, 1.82) is 0 Å². The van der Waals surface area contributed by atoms with Crippen LogP contribution in [0.25, 0.3) is 0 Å². The van der Waals surface area contributed by atoms with Gasteiger partial charge in [-0.15, -0.1) is 11.8 Å². The number of amides is 1. The summed E-state index contributed by atoms with van der Waals surface area (Å²) in [5.41, 5.74) is 1.23. The van der Waals surface area contributed by atoms with E-state index in [9.17, 15) is 4.79 Å². The van der Waals surface area contributed by atoms with Crippen LogP contribution in [-0.4, -0.2) is 24.4 Å². The van der Waals surface area contributed by atoms with Crippen LogP contribution in [0.5, 0.6) is 0 Å². The average Bonchev–Trinajstić information content (AvgIpc) is 2.37. The van der Waals surface area contributed by atoms with Crippen molar-refractivity contribution >= 4 is 17.7 Å². The molecule has 18 heavy (non-hydrogen) atoms. The van der Waals surface area contributed by atoms with Crippen LogP contribution >= 0.6 is 11.8 Å². The van der Waals surface area contributed by atoms with Crippen molar-refractivity contribution in [2.45, 2.75) is 37.3 Å². The fourth-order valence-electron chi connectivity index (χ4n) is 1.97. The molecule has 1 aliphatic rings. The highest BCUT2D eigenvalue weighted by molar-refractivity contribution is 7.99. The molecule has 3 nitrogen and oxygen atoms in total. The summed E-state index contributed by atoms with van der Waals surface area (Å²) in [6, 6.07) is 8.40. The van der Waals surface area contributed by atoms with Gasteiger partial charge in [0.15, 0.2) is 0 Å². The van der Waals surface area contributed by atoms with Crippen molar-refractivity contribution in [1.82, 2.24) is 5.32 Å². The molecule has 0 saturated heterocycles. The van der Waals surface area contributed by atoms with Crippen LogP contribution in [0, 0.1) is 0 Å². The smallest absolute Gasteiger partial charge is 0.246 e. The molecule has 0 fully saturated rings. The van der Waals surface area contributed by atoms with Gasteiger partial charge >= 0.3 is 0 Å². The number of benzene rings is 1. The van der Waals surface area contributed by atoms with E-state index in [4.69, 9.17) is 4.74 Å². The van der Waals surface area contributed by atoms with E-state index < -0.39 is 0 Å². The minimum Gasteiger partial charge on any atom is -0.369 e. The summed E-state index contributed by atoms with van der Waals surface area (Å²) in [5, 5.41) is 3.05. The maximum atomic E-state index is 11.8. The summed E-state index contributed by atoms with van der Waals surface area (Å²) < 4.78 is 5.32. The fourth-order valence-corrected chi connectivity index (χ4v) is 3.10. The number of thioether (sulfide) groups is 1. The van der Waals surface area contributed by atoms with Crippen LogP contribution in [0.1, 0.15) is 31.9 Å². The van der Waals surface area contributed by atoms with Crippen molar-refractivity contribution in [2.75, 3.05) is 12.4 Å². The molecule has 98 valence electrons. The zero-order valence-corrected chi connectivity index (χ0v) is 11.6. The normalized spacial score (nSPS) is 18.5. The van der Waals surface area contributed by atoms with Gasteiger partial charge in [-0.05, 0) is 31.9 Å². The first-order valence-electron chi connectivity index (χ1n) is 6.29. The van der Waals surface area contributed by atoms with Crippen LogP contribution in [0.15, 0.2) is 29.2 Å². The molecule has 1 heterocycles. The molecule has 0 bridgehead atoms. The van der Waals surface area contributed by atoms with Gasteiger partial charge < -0.3 is 10.1 Å². The Morgan fingerprint density at radius 3 is 3.06 bits per heavy atom. The number of hydrogen-bond donors (Lipinski definition) is 1. The number of fused-ring (bicyclic) bond motifs is 1. The van der Waals surface area contributed by atoms with Crippen molar-refractivity contribution in [3.63, 3.8) is 0 Å². The second kappa shape index (κ2) is 6.25. The average molecular weight is 265 g/mol. The number of rotatable bonds is 4. The molecule has 0 spiro atoms. The highest BCUT2D eigenvalue weighted by Gasteiger charge is 2.21. The lowest BCUT2D eigenvalue weighted by Gasteiger charge is -2.26. The van der Waals surface area contributed by atoms with Crippen LogP contribution < -0.4 is 5.32 Å². The Kier molecular flexibility index (Phi) is 4.66. The molecule has 4 heteroatoms. The molecule has 0 aromatic heterocycles. The first-order valence-corrected chi connectivity index (χ1v) is 7.28. The van der Waals surface area contributed by atoms with Crippen molar-refractivity contribution < 1.29 is 9.53 Å². The molecule has 2 rings (SSSR count). The number of nitrogens with one attached hydrogen (secondary N) is 1. The standard InChI is InChI=1S/C14H19NO2S/c1-10(2)17-9-14(16)15-12-7-8-18-13-6-4-3-5-11(12)13/h3-6,10,12H,7-9H2,1-2H3,(H,15,16). The number of carbonyl (C=O) groups excluding carboxylic acids is 1. The Balaban J connectivity index is 1.96. The van der Waals surface area contributed by atoms with Gasteiger partial charge in [-0.25, -0.2) is 0 Å². The molecule has 1 aromatic carbocycles. The van der Waals surface area contributed by atoms with Crippen molar-refractivity contribution in [2.24, 2.45) is 0 Å². The number of carbonyl (C=O) groups is 1. The summed E-state index contributed by atoms with van der Waals surface area (Å²) in [7, 11) is 0. The minimum absolute atomic E-state index is 0.0320. The Morgan fingerprint density at radius 2 is 2.28 bits per heavy atom. The molecule has 0 aliphatic carbocycles. The van der Waals surface area contributed by atoms with E-state index in [0.717, 1.165) is 12.2 Å². The molecule has 1 atom stereocenters. The SMILES string of the molecule is CC(C)OCC(=O)NC1CCSc2ccccc21. The van der Waals surface area contributed by atoms with E-state index in [0.29, 0.717) is 0 Å². The summed E-state index contributed by atoms with van der Waals surface area (Å²) >= 11 is 1.86. The molecule has 0 saturated carbocycles. The van der Waals surface area contributed by atoms with Gasteiger partial charge in [-0.1, -0.05) is 18.2 Å². The van der Waals surface area contributed by atoms with E-state index in [1.807, 2.05) is 37.7 Å². The predicted octanol–water partition coefficient (Wildman–Crippen LogP) is 2.76. The first-order chi connectivity index (χ1) is 8.66. The molecule has 1 amide bonds. The minimum atomic E-state index is -0.0320. The topological polar surface area (TPSA) is 38.3 Å². The van der Waals surface area contributed by atoms with Gasteiger partial charge in [-0.3, -0.25) is 4.79 Å². The molecule has 1 aliphatic heterocycles. The van der Waals surface area contributed by atoms with E-state index >= 15 is 0 Å². The molecule has 1 N–H and O–H groups in total. The number of hydrogen-bond acceptors (Lipinski definition) is 3. The van der Waals surface area contributed by atoms with Crippen molar-refractivity contribution in [3.8, 4) is 0 Å². The molecular formula is C14H19NO2S. The Labute approximate surface area is 112 Å². The Hall–Kier alpha value is -1.00. The largest absolute Gasteiger partial charge is 0.369 e. The number of ether oxygens (including phenoxy) is 1. The summed E-state index contributed by atoms with van der Waals surface area (Å²) in [5.74, 6) is 1.02. The van der Waals surface area contributed by atoms with Crippen LogP contribution in [0.2, 0.25) is 0 Å². The van der Waals surface area contributed by atoms with Gasteiger partial charge in [0.1, 0.15) is 6.61 Å². The second-order valence-corrected chi connectivity index (χ2v) is 5.79. The van der Waals surface area contributed by atoms with Gasteiger partial charge in [0.05, 0.1) is 12.1 Å². The Bertz CT molecular complexity index is 420. The first kappa shape index (κ1) is 13.4. The van der Waals surface area contributed by atoms with Crippen LogP contribution in [0.3, 0.4) is 0 Å². The van der Waals surface area contributed by atoms with Gasteiger partial charge in [0.25, 0.3) is 0 Å². The van der Waals surface area contributed by atoms with E-state index in [1.165, 1.54) is 10.5 Å². The van der Waals surface area contributed by atoms with Gasteiger partial charge in [-0.2, -0.15) is 0 Å². The predicted molar refractivity (Wildman–Crippen MR) is 73.8 cm³/mol. The summed E-state index contributed by atoms with van der Waals surface area (Å²) in [6.45, 7) is 4.00.